The molecule has 0 unspecified atom stereocenters. The van der Waals surface area contributed by atoms with E-state index in [2.05, 4.69) is 19.8 Å². The molecule has 0 saturated carbocycles. The van der Waals surface area contributed by atoms with Gasteiger partial charge in [0.2, 0.25) is 5.91 Å². The van der Waals surface area contributed by atoms with Crippen molar-refractivity contribution in [1.29, 1.82) is 0 Å². The van der Waals surface area contributed by atoms with Gasteiger partial charge in [-0.15, -0.1) is 0 Å². The molecule has 1 aliphatic heterocycles. The Kier molecular flexibility index (Phi) is 5.96. The zero-order valence-corrected chi connectivity index (χ0v) is 17.5. The Morgan fingerprint density at radius 1 is 1.10 bits per heavy atom. The molecule has 0 aliphatic carbocycles. The molecule has 0 atom stereocenters. The number of nitrogen functional groups attached to an aromatic ring is 1. The number of carbonyl (C=O) groups is 1. The van der Waals surface area contributed by atoms with Gasteiger partial charge in [0.05, 0.1) is 25.2 Å². The van der Waals surface area contributed by atoms with E-state index in [0.29, 0.717) is 25.5 Å². The Labute approximate surface area is 176 Å². The monoisotopic (exact) mass is 408 g/mol. The second-order valence-electron chi connectivity index (χ2n) is 7.86. The first-order valence-electron chi connectivity index (χ1n) is 10.2. The summed E-state index contributed by atoms with van der Waals surface area (Å²) in [6.07, 6.45) is 0. The van der Waals surface area contributed by atoms with Crippen LogP contribution < -0.4 is 5.73 Å². The number of anilines is 1. The highest BCUT2D eigenvalue weighted by atomic mass is 16.3. The first kappa shape index (κ1) is 20.3. The molecule has 2 aromatic heterocycles. The van der Waals surface area contributed by atoms with E-state index in [-0.39, 0.29) is 5.91 Å². The van der Waals surface area contributed by atoms with Crippen molar-refractivity contribution < 1.29 is 9.21 Å². The van der Waals surface area contributed by atoms with Gasteiger partial charge >= 0.3 is 0 Å². The summed E-state index contributed by atoms with van der Waals surface area (Å²) in [5.74, 6) is 3.03. The molecular weight excluding hydrogens is 380 g/mol. The number of nitrogens with zero attached hydrogens (tertiary/aromatic N) is 5. The van der Waals surface area contributed by atoms with E-state index in [9.17, 15) is 4.79 Å². The number of nitrogens with two attached hydrogens (primary N) is 1. The van der Waals surface area contributed by atoms with Gasteiger partial charge < -0.3 is 15.1 Å². The Balaban J connectivity index is 1.27. The van der Waals surface area contributed by atoms with Crippen LogP contribution in [0, 0.1) is 6.92 Å². The minimum atomic E-state index is 0.100. The highest BCUT2D eigenvalue weighted by Gasteiger charge is 2.22. The molecule has 8 heteroatoms. The third kappa shape index (κ3) is 4.77. The van der Waals surface area contributed by atoms with Crippen molar-refractivity contribution in [3.63, 3.8) is 0 Å². The standard InChI is InChI=1S/C22H28N6O2/c1-16-7-8-17(30-16)13-26(2)21(29)15-28-11-9-27(10-12-28)14-20-24-19-6-4-3-5-18(19)22(23)25-20/h3-8H,9-15H2,1-2H3,(H2,23,24,25). The number of rotatable bonds is 6. The predicted molar refractivity (Wildman–Crippen MR) is 116 cm³/mol. The third-order valence-electron chi connectivity index (χ3n) is 5.48. The molecule has 30 heavy (non-hydrogen) atoms. The number of carbonyl (C=O) groups excluding carboxylic acids is 1. The van der Waals surface area contributed by atoms with Crippen molar-refractivity contribution in [3.8, 4) is 0 Å². The van der Waals surface area contributed by atoms with Crippen molar-refractivity contribution in [2.75, 3.05) is 45.5 Å². The summed E-state index contributed by atoms with van der Waals surface area (Å²) < 4.78 is 5.57. The molecule has 2 N–H and O–H groups in total. The SMILES string of the molecule is Cc1ccc(CN(C)C(=O)CN2CCN(Cc3nc(N)c4ccccc4n3)CC2)o1. The highest BCUT2D eigenvalue weighted by Crippen LogP contribution is 2.18. The summed E-state index contributed by atoms with van der Waals surface area (Å²) in [6, 6.07) is 11.6. The molecule has 0 radical (unpaired) electrons. The van der Waals surface area contributed by atoms with E-state index in [1.165, 1.54) is 0 Å². The van der Waals surface area contributed by atoms with Gasteiger partial charge in [0.25, 0.3) is 0 Å². The van der Waals surface area contributed by atoms with Crippen molar-refractivity contribution in [1.82, 2.24) is 24.7 Å². The van der Waals surface area contributed by atoms with Gasteiger partial charge in [0.1, 0.15) is 23.2 Å². The number of furan rings is 1. The molecule has 8 nitrogen and oxygen atoms in total. The molecule has 4 rings (SSSR count). The lowest BCUT2D eigenvalue weighted by Gasteiger charge is -2.34. The molecule has 3 aromatic rings. The number of benzene rings is 1. The van der Waals surface area contributed by atoms with E-state index in [0.717, 1.165) is 54.4 Å². The average Bonchev–Trinajstić information content (AvgIpc) is 3.14. The number of fused-ring (bicyclic) bond motifs is 1. The number of para-hydroxylation sites is 1. The van der Waals surface area contributed by atoms with Crippen LogP contribution in [0.1, 0.15) is 17.3 Å². The maximum absolute atomic E-state index is 12.6. The second-order valence-corrected chi connectivity index (χ2v) is 7.86. The first-order valence-corrected chi connectivity index (χ1v) is 10.2. The maximum Gasteiger partial charge on any atom is 0.236 e. The summed E-state index contributed by atoms with van der Waals surface area (Å²) in [4.78, 5) is 27.9. The zero-order chi connectivity index (χ0) is 21.1. The average molecular weight is 409 g/mol. The van der Waals surface area contributed by atoms with Crippen LogP contribution in [-0.2, 0) is 17.9 Å². The molecular formula is C22H28N6O2. The van der Waals surface area contributed by atoms with Crippen LogP contribution >= 0.6 is 0 Å². The minimum absolute atomic E-state index is 0.100. The molecule has 3 heterocycles. The van der Waals surface area contributed by atoms with Crippen LogP contribution in [0.4, 0.5) is 5.82 Å². The molecule has 0 spiro atoms. The molecule has 0 bridgehead atoms. The van der Waals surface area contributed by atoms with Crippen LogP contribution in [-0.4, -0.2) is 70.3 Å². The normalized spacial score (nSPS) is 15.5. The molecule has 1 aromatic carbocycles. The summed E-state index contributed by atoms with van der Waals surface area (Å²) in [7, 11) is 1.82. The van der Waals surface area contributed by atoms with Gasteiger partial charge in [-0.25, -0.2) is 9.97 Å². The lowest BCUT2D eigenvalue weighted by molar-refractivity contribution is -0.132. The fraction of sp³-hybridized carbons (Fsp3) is 0.409. The Hall–Kier alpha value is -2.97. The van der Waals surface area contributed by atoms with Crippen molar-refractivity contribution >= 4 is 22.6 Å². The molecule has 1 fully saturated rings. The van der Waals surface area contributed by atoms with Gasteiger partial charge in [0, 0.05) is 38.6 Å². The largest absolute Gasteiger partial charge is 0.464 e. The molecule has 158 valence electrons. The summed E-state index contributed by atoms with van der Waals surface area (Å²) in [5, 5.41) is 0.887. The van der Waals surface area contributed by atoms with Gasteiger partial charge in [-0.3, -0.25) is 14.6 Å². The smallest absolute Gasteiger partial charge is 0.236 e. The van der Waals surface area contributed by atoms with Gasteiger partial charge in [-0.05, 0) is 31.2 Å². The fourth-order valence-electron chi connectivity index (χ4n) is 3.73. The quantitative estimate of drug-likeness (QED) is 0.666. The zero-order valence-electron chi connectivity index (χ0n) is 17.5. The summed E-state index contributed by atoms with van der Waals surface area (Å²) in [6.45, 7) is 6.88. The molecule has 1 aliphatic rings. The van der Waals surface area contributed by atoms with Crippen LogP contribution in [0.3, 0.4) is 0 Å². The van der Waals surface area contributed by atoms with Crippen molar-refractivity contribution in [3.05, 3.63) is 53.7 Å². The van der Waals surface area contributed by atoms with Gasteiger partial charge in [0.15, 0.2) is 0 Å². The number of aryl methyl sites for hydroxylation is 1. The number of likely N-dealkylation sites (N-methyl/N-ethyl adjacent to an activating group) is 1. The van der Waals surface area contributed by atoms with E-state index >= 15 is 0 Å². The lowest BCUT2D eigenvalue weighted by atomic mass is 10.2. The number of hydrogen-bond donors (Lipinski definition) is 1. The lowest BCUT2D eigenvalue weighted by Crippen LogP contribution is -2.49. The van der Waals surface area contributed by atoms with Crippen LogP contribution in [0.5, 0.6) is 0 Å². The number of piperazine rings is 1. The number of amides is 1. The second kappa shape index (κ2) is 8.81. The Morgan fingerprint density at radius 2 is 1.83 bits per heavy atom. The maximum atomic E-state index is 12.6. The number of aromatic nitrogens is 2. The van der Waals surface area contributed by atoms with E-state index < -0.39 is 0 Å². The van der Waals surface area contributed by atoms with Crippen LogP contribution in [0.2, 0.25) is 0 Å². The van der Waals surface area contributed by atoms with E-state index in [1.807, 2.05) is 50.4 Å². The van der Waals surface area contributed by atoms with Crippen LogP contribution in [0.15, 0.2) is 40.8 Å². The van der Waals surface area contributed by atoms with Crippen LogP contribution in [0.25, 0.3) is 10.9 Å². The summed E-state index contributed by atoms with van der Waals surface area (Å²) >= 11 is 0. The topological polar surface area (TPSA) is 91.7 Å². The highest BCUT2D eigenvalue weighted by molar-refractivity contribution is 5.87. The van der Waals surface area contributed by atoms with E-state index in [4.69, 9.17) is 10.2 Å². The fourth-order valence-corrected chi connectivity index (χ4v) is 3.73. The molecule has 1 amide bonds. The molecule has 1 saturated heterocycles. The number of hydrogen-bond acceptors (Lipinski definition) is 7. The Bertz CT molecular complexity index is 1030. The van der Waals surface area contributed by atoms with E-state index in [1.54, 1.807) is 4.90 Å². The first-order chi connectivity index (χ1) is 14.5. The summed E-state index contributed by atoms with van der Waals surface area (Å²) in [5.41, 5.74) is 6.97. The predicted octanol–water partition coefficient (Wildman–Crippen LogP) is 1.89. The third-order valence-corrected chi connectivity index (χ3v) is 5.48. The van der Waals surface area contributed by atoms with Gasteiger partial charge in [-0.2, -0.15) is 0 Å². The van der Waals surface area contributed by atoms with Gasteiger partial charge in [-0.1, -0.05) is 12.1 Å². The van der Waals surface area contributed by atoms with Crippen molar-refractivity contribution in [2.24, 2.45) is 0 Å². The van der Waals surface area contributed by atoms with Crippen molar-refractivity contribution in [2.45, 2.75) is 20.0 Å². The minimum Gasteiger partial charge on any atom is -0.464 e. The Morgan fingerprint density at radius 3 is 2.57 bits per heavy atom.